The van der Waals surface area contributed by atoms with Gasteiger partial charge in [0.1, 0.15) is 5.69 Å². The molecule has 1 aliphatic rings. The van der Waals surface area contributed by atoms with Crippen LogP contribution in [-0.2, 0) is 17.6 Å². The number of halogens is 1. The van der Waals surface area contributed by atoms with Gasteiger partial charge < -0.3 is 16.0 Å². The highest BCUT2D eigenvalue weighted by molar-refractivity contribution is 7.09. The summed E-state index contributed by atoms with van der Waals surface area (Å²) in [4.78, 5) is 30.6. The minimum atomic E-state index is -0.326. The molecule has 0 fully saturated rings. The number of carbonyl (C=O) groups excluding carboxylic acids is 2. The van der Waals surface area contributed by atoms with Crippen molar-refractivity contribution in [3.05, 3.63) is 45.9 Å². The lowest BCUT2D eigenvalue weighted by Gasteiger charge is -2.29. The molecular formula is C17H21ClN4O2S. The predicted octanol–water partition coefficient (Wildman–Crippen LogP) is 1.78. The third kappa shape index (κ3) is 4.56. The molecule has 2 amide bonds. The number of aryl methyl sites for hydroxylation is 1. The van der Waals surface area contributed by atoms with Crippen LogP contribution in [0.25, 0.3) is 0 Å². The third-order valence-corrected chi connectivity index (χ3v) is 4.86. The standard InChI is InChI=1S/C17H20N4O2S.ClH/c18-8-7-15-20-13(11-24-15)17(23)19-10-16(22)21-9-3-5-12-4-1-2-6-14(12)21;/h1-2,4,6,11H,3,5,7-10,18H2,(H,19,23);1H. The van der Waals surface area contributed by atoms with Crippen LogP contribution in [0.1, 0.15) is 27.5 Å². The van der Waals surface area contributed by atoms with Gasteiger partial charge in [-0.1, -0.05) is 18.2 Å². The first-order chi connectivity index (χ1) is 11.7. The van der Waals surface area contributed by atoms with E-state index in [-0.39, 0.29) is 30.8 Å². The fourth-order valence-electron chi connectivity index (χ4n) is 2.79. The van der Waals surface area contributed by atoms with Crippen LogP contribution in [0.3, 0.4) is 0 Å². The van der Waals surface area contributed by atoms with Crippen molar-refractivity contribution in [3.8, 4) is 0 Å². The lowest BCUT2D eigenvalue weighted by Crippen LogP contribution is -2.42. The number of aromatic nitrogens is 1. The van der Waals surface area contributed by atoms with Crippen LogP contribution in [0.4, 0.5) is 5.69 Å². The SMILES string of the molecule is Cl.NCCc1nc(C(=O)NCC(=O)N2CCCc3ccccc32)cs1. The molecule has 1 aromatic heterocycles. The van der Waals surface area contributed by atoms with Crippen molar-refractivity contribution in [3.63, 3.8) is 0 Å². The zero-order valence-corrected chi connectivity index (χ0v) is 15.4. The molecule has 1 aromatic carbocycles. The average Bonchev–Trinajstić information content (AvgIpc) is 3.08. The maximum absolute atomic E-state index is 12.5. The summed E-state index contributed by atoms with van der Waals surface area (Å²) in [6, 6.07) is 7.91. The number of hydrogen-bond donors (Lipinski definition) is 2. The molecule has 0 aliphatic carbocycles. The molecule has 2 heterocycles. The molecule has 0 unspecified atom stereocenters. The number of nitrogens with zero attached hydrogens (tertiary/aromatic N) is 2. The maximum atomic E-state index is 12.5. The Balaban J connectivity index is 0.00000225. The number of para-hydroxylation sites is 1. The van der Waals surface area contributed by atoms with Crippen LogP contribution >= 0.6 is 23.7 Å². The Morgan fingerprint density at radius 3 is 2.92 bits per heavy atom. The van der Waals surface area contributed by atoms with Gasteiger partial charge in [0.25, 0.3) is 5.91 Å². The molecule has 6 nitrogen and oxygen atoms in total. The lowest BCUT2D eigenvalue weighted by atomic mass is 10.0. The smallest absolute Gasteiger partial charge is 0.271 e. The van der Waals surface area contributed by atoms with E-state index in [2.05, 4.69) is 10.3 Å². The van der Waals surface area contributed by atoms with Gasteiger partial charge >= 0.3 is 0 Å². The number of nitrogens with one attached hydrogen (secondary N) is 1. The largest absolute Gasteiger partial charge is 0.342 e. The molecule has 134 valence electrons. The van der Waals surface area contributed by atoms with E-state index in [1.807, 2.05) is 24.3 Å². The zero-order valence-electron chi connectivity index (χ0n) is 13.7. The van der Waals surface area contributed by atoms with Crippen molar-refractivity contribution in [2.45, 2.75) is 19.3 Å². The quantitative estimate of drug-likeness (QED) is 0.827. The Bertz CT molecular complexity index is 750. The topological polar surface area (TPSA) is 88.3 Å². The van der Waals surface area contributed by atoms with Gasteiger partial charge in [-0.25, -0.2) is 4.98 Å². The molecule has 3 N–H and O–H groups in total. The number of thiazole rings is 1. The van der Waals surface area contributed by atoms with Crippen molar-refractivity contribution in [2.24, 2.45) is 5.73 Å². The Kier molecular flexibility index (Phi) is 6.92. The van der Waals surface area contributed by atoms with Crippen LogP contribution < -0.4 is 16.0 Å². The second-order valence-corrected chi connectivity index (χ2v) is 6.57. The fraction of sp³-hybridized carbons (Fsp3) is 0.353. The van der Waals surface area contributed by atoms with Crippen molar-refractivity contribution in [2.75, 3.05) is 24.5 Å². The van der Waals surface area contributed by atoms with Crippen LogP contribution in [0.15, 0.2) is 29.6 Å². The van der Waals surface area contributed by atoms with Gasteiger partial charge in [0.15, 0.2) is 0 Å². The number of rotatable bonds is 5. The number of benzene rings is 1. The minimum Gasteiger partial charge on any atom is -0.342 e. The first kappa shape index (κ1) is 19.4. The maximum Gasteiger partial charge on any atom is 0.271 e. The molecule has 8 heteroatoms. The van der Waals surface area contributed by atoms with Gasteiger partial charge in [0.05, 0.1) is 11.6 Å². The summed E-state index contributed by atoms with van der Waals surface area (Å²) in [7, 11) is 0. The van der Waals surface area contributed by atoms with E-state index in [1.165, 1.54) is 16.9 Å². The van der Waals surface area contributed by atoms with Gasteiger partial charge in [-0.05, 0) is 31.0 Å². The van der Waals surface area contributed by atoms with Crippen LogP contribution in [0.2, 0.25) is 0 Å². The van der Waals surface area contributed by atoms with E-state index in [4.69, 9.17) is 5.73 Å². The van der Waals surface area contributed by atoms with E-state index in [9.17, 15) is 9.59 Å². The van der Waals surface area contributed by atoms with Gasteiger partial charge in [-0.2, -0.15) is 0 Å². The highest BCUT2D eigenvalue weighted by atomic mass is 35.5. The molecule has 25 heavy (non-hydrogen) atoms. The van der Waals surface area contributed by atoms with Gasteiger partial charge in [0, 0.05) is 24.0 Å². The molecule has 0 atom stereocenters. The van der Waals surface area contributed by atoms with E-state index >= 15 is 0 Å². The number of anilines is 1. The molecule has 0 saturated heterocycles. The van der Waals surface area contributed by atoms with Gasteiger partial charge in [-0.3, -0.25) is 9.59 Å². The zero-order chi connectivity index (χ0) is 16.9. The Labute approximate surface area is 156 Å². The Morgan fingerprint density at radius 1 is 1.32 bits per heavy atom. The highest BCUT2D eigenvalue weighted by Gasteiger charge is 2.22. The Hall–Kier alpha value is -1.96. The number of fused-ring (bicyclic) bond motifs is 1. The first-order valence-corrected chi connectivity index (χ1v) is 8.88. The fourth-order valence-corrected chi connectivity index (χ4v) is 3.58. The van der Waals surface area contributed by atoms with Crippen LogP contribution in [-0.4, -0.2) is 36.4 Å². The summed E-state index contributed by atoms with van der Waals surface area (Å²) in [6.07, 6.45) is 2.57. The van der Waals surface area contributed by atoms with Gasteiger partial charge in [0.2, 0.25) is 5.91 Å². The number of carbonyl (C=O) groups is 2. The van der Waals surface area contributed by atoms with E-state index in [0.29, 0.717) is 25.2 Å². The molecule has 3 rings (SSSR count). The predicted molar refractivity (Wildman–Crippen MR) is 102 cm³/mol. The summed E-state index contributed by atoms with van der Waals surface area (Å²) in [5.74, 6) is -0.430. The second-order valence-electron chi connectivity index (χ2n) is 5.63. The van der Waals surface area contributed by atoms with Gasteiger partial charge in [-0.15, -0.1) is 23.7 Å². The molecule has 1 aliphatic heterocycles. The third-order valence-electron chi connectivity index (χ3n) is 3.95. The first-order valence-electron chi connectivity index (χ1n) is 8.00. The van der Waals surface area contributed by atoms with Crippen LogP contribution in [0, 0.1) is 0 Å². The van der Waals surface area contributed by atoms with Crippen molar-refractivity contribution >= 4 is 41.2 Å². The lowest BCUT2D eigenvalue weighted by molar-refractivity contribution is -0.117. The monoisotopic (exact) mass is 380 g/mol. The van der Waals surface area contributed by atoms with Crippen molar-refractivity contribution in [1.29, 1.82) is 0 Å². The number of nitrogens with two attached hydrogens (primary N) is 1. The summed E-state index contributed by atoms with van der Waals surface area (Å²) in [6.45, 7) is 1.15. The normalized spacial score (nSPS) is 12.9. The van der Waals surface area contributed by atoms with E-state index in [0.717, 1.165) is 23.5 Å². The average molecular weight is 381 g/mol. The highest BCUT2D eigenvalue weighted by Crippen LogP contribution is 2.26. The molecule has 0 saturated carbocycles. The van der Waals surface area contributed by atoms with Crippen molar-refractivity contribution < 1.29 is 9.59 Å². The number of amides is 2. The van der Waals surface area contributed by atoms with E-state index < -0.39 is 0 Å². The molecular weight excluding hydrogens is 360 g/mol. The Morgan fingerprint density at radius 2 is 2.12 bits per heavy atom. The molecule has 0 bridgehead atoms. The summed E-state index contributed by atoms with van der Waals surface area (Å²) >= 11 is 1.41. The van der Waals surface area contributed by atoms with Crippen LogP contribution in [0.5, 0.6) is 0 Å². The minimum absolute atomic E-state index is 0. The second kappa shape index (κ2) is 8.94. The summed E-state index contributed by atoms with van der Waals surface area (Å²) in [5, 5.41) is 5.19. The molecule has 0 radical (unpaired) electrons. The summed E-state index contributed by atoms with van der Waals surface area (Å²) in [5.41, 5.74) is 7.95. The molecule has 2 aromatic rings. The van der Waals surface area contributed by atoms with Crippen molar-refractivity contribution in [1.82, 2.24) is 10.3 Å². The van der Waals surface area contributed by atoms with E-state index in [1.54, 1.807) is 10.3 Å². The molecule has 0 spiro atoms. The number of hydrogen-bond acceptors (Lipinski definition) is 5. The summed E-state index contributed by atoms with van der Waals surface area (Å²) < 4.78 is 0.